The van der Waals surface area contributed by atoms with Gasteiger partial charge in [0.2, 0.25) is 5.91 Å². The van der Waals surface area contributed by atoms with Gasteiger partial charge in [0.05, 0.1) is 23.1 Å². The summed E-state index contributed by atoms with van der Waals surface area (Å²) in [5.74, 6) is 0.575. The molecule has 1 unspecified atom stereocenters. The first-order valence-electron chi connectivity index (χ1n) is 6.79. The van der Waals surface area contributed by atoms with Gasteiger partial charge >= 0.3 is 0 Å². The number of nitrogens with zero attached hydrogens (tertiary/aromatic N) is 1. The Morgan fingerprint density at radius 3 is 2.60 bits per heavy atom. The molecule has 1 heterocycles. The molecule has 5 heteroatoms. The largest absolute Gasteiger partial charge is 0.345 e. The van der Waals surface area contributed by atoms with Gasteiger partial charge in [-0.25, -0.2) is 4.98 Å². The highest BCUT2D eigenvalue weighted by Gasteiger charge is 2.28. The normalized spacial score (nSPS) is 15.1. The molecule has 5 nitrogen and oxygen atoms in total. The molecule has 0 bridgehead atoms. The van der Waals surface area contributed by atoms with E-state index in [1.807, 2.05) is 52.0 Å². The van der Waals surface area contributed by atoms with Gasteiger partial charge < -0.3 is 16.0 Å². The lowest BCUT2D eigenvalue weighted by atomic mass is 9.87. The number of amides is 1. The number of H-pyrrole nitrogens is 1. The zero-order valence-corrected chi connectivity index (χ0v) is 12.4. The molecule has 0 aliphatic rings. The molecule has 0 saturated heterocycles. The first-order chi connectivity index (χ1) is 9.29. The highest BCUT2D eigenvalue weighted by Crippen LogP contribution is 2.19. The van der Waals surface area contributed by atoms with E-state index in [4.69, 9.17) is 5.73 Å². The third-order valence-corrected chi connectivity index (χ3v) is 3.39. The van der Waals surface area contributed by atoms with E-state index >= 15 is 0 Å². The zero-order valence-electron chi connectivity index (χ0n) is 12.4. The van der Waals surface area contributed by atoms with Gasteiger partial charge in [0.1, 0.15) is 5.82 Å². The van der Waals surface area contributed by atoms with Crippen LogP contribution in [0, 0.1) is 5.41 Å². The summed E-state index contributed by atoms with van der Waals surface area (Å²) in [6.07, 6.45) is 0. The molecule has 0 aliphatic heterocycles. The smallest absolute Gasteiger partial charge is 0.238 e. The van der Waals surface area contributed by atoms with Gasteiger partial charge in [-0.3, -0.25) is 4.79 Å². The summed E-state index contributed by atoms with van der Waals surface area (Å²) in [5, 5.41) is 2.91. The molecule has 20 heavy (non-hydrogen) atoms. The lowest BCUT2D eigenvalue weighted by molar-refractivity contribution is -0.125. The van der Waals surface area contributed by atoms with Crippen LogP contribution in [0.2, 0.25) is 0 Å². The second-order valence-corrected chi connectivity index (χ2v) is 6.21. The van der Waals surface area contributed by atoms with Crippen molar-refractivity contribution in [2.24, 2.45) is 11.1 Å². The fourth-order valence-electron chi connectivity index (χ4n) is 1.94. The molecule has 2 rings (SSSR count). The molecule has 0 spiro atoms. The van der Waals surface area contributed by atoms with Gasteiger partial charge in [-0.05, 0) is 24.5 Å². The lowest BCUT2D eigenvalue weighted by Gasteiger charge is -2.27. The fraction of sp³-hybridized carbons (Fsp3) is 0.467. The Hall–Kier alpha value is -1.88. The molecule has 1 aromatic heterocycles. The average molecular weight is 274 g/mol. The first kappa shape index (κ1) is 14.5. The molecule has 0 radical (unpaired) electrons. The maximum absolute atomic E-state index is 12.1. The zero-order chi connectivity index (χ0) is 14.9. The van der Waals surface area contributed by atoms with Crippen LogP contribution in [0.5, 0.6) is 0 Å². The number of carbonyl (C=O) groups excluding carboxylic acids is 1. The second-order valence-electron chi connectivity index (χ2n) is 6.21. The third-order valence-electron chi connectivity index (χ3n) is 3.39. The van der Waals surface area contributed by atoms with Crippen LogP contribution in [0.15, 0.2) is 24.3 Å². The highest BCUT2D eigenvalue weighted by molar-refractivity contribution is 5.82. The topological polar surface area (TPSA) is 83.8 Å². The summed E-state index contributed by atoms with van der Waals surface area (Å²) < 4.78 is 0. The van der Waals surface area contributed by atoms with E-state index in [0.717, 1.165) is 16.9 Å². The van der Waals surface area contributed by atoms with Crippen molar-refractivity contribution in [1.29, 1.82) is 0 Å². The molecule has 2 atom stereocenters. The van der Waals surface area contributed by atoms with Crippen molar-refractivity contribution in [2.45, 2.75) is 39.8 Å². The first-order valence-corrected chi connectivity index (χ1v) is 6.79. The third kappa shape index (κ3) is 2.99. The fourth-order valence-corrected chi connectivity index (χ4v) is 1.94. The minimum atomic E-state index is -0.547. The highest BCUT2D eigenvalue weighted by atomic mass is 16.2. The van der Waals surface area contributed by atoms with Gasteiger partial charge in [-0.2, -0.15) is 0 Å². The second kappa shape index (κ2) is 5.25. The van der Waals surface area contributed by atoms with Gasteiger partial charge in [-0.1, -0.05) is 32.9 Å². The van der Waals surface area contributed by atoms with Crippen molar-refractivity contribution in [3.05, 3.63) is 30.1 Å². The minimum Gasteiger partial charge on any atom is -0.345 e. The van der Waals surface area contributed by atoms with Crippen LogP contribution in [0.3, 0.4) is 0 Å². The van der Waals surface area contributed by atoms with Gasteiger partial charge in [0, 0.05) is 0 Å². The van der Waals surface area contributed by atoms with E-state index in [9.17, 15) is 4.79 Å². The van der Waals surface area contributed by atoms with Gasteiger partial charge in [-0.15, -0.1) is 0 Å². The lowest BCUT2D eigenvalue weighted by Crippen LogP contribution is -2.49. The number of aromatic amines is 1. The van der Waals surface area contributed by atoms with Gasteiger partial charge in [0.15, 0.2) is 0 Å². The molecule has 2 aromatic rings. The Bertz CT molecular complexity index is 579. The predicted molar refractivity (Wildman–Crippen MR) is 80.1 cm³/mol. The maximum Gasteiger partial charge on any atom is 0.238 e. The monoisotopic (exact) mass is 274 g/mol. The van der Waals surface area contributed by atoms with E-state index in [2.05, 4.69) is 15.3 Å². The molecule has 0 fully saturated rings. The number of nitrogens with one attached hydrogen (secondary N) is 2. The molecular weight excluding hydrogens is 252 g/mol. The molecule has 1 aromatic carbocycles. The van der Waals surface area contributed by atoms with E-state index in [0.29, 0.717) is 0 Å². The van der Waals surface area contributed by atoms with Crippen molar-refractivity contribution >= 4 is 16.9 Å². The Morgan fingerprint density at radius 2 is 2.00 bits per heavy atom. The average Bonchev–Trinajstić information content (AvgIpc) is 2.80. The van der Waals surface area contributed by atoms with Crippen molar-refractivity contribution in [2.75, 3.05) is 0 Å². The van der Waals surface area contributed by atoms with Crippen LogP contribution in [0.4, 0.5) is 0 Å². The number of aromatic nitrogens is 2. The molecule has 4 N–H and O–H groups in total. The predicted octanol–water partition coefficient (Wildman–Crippen LogP) is 2.11. The number of rotatable bonds is 3. The van der Waals surface area contributed by atoms with E-state index in [1.54, 1.807) is 0 Å². The van der Waals surface area contributed by atoms with Crippen molar-refractivity contribution in [3.63, 3.8) is 0 Å². The summed E-state index contributed by atoms with van der Waals surface area (Å²) in [4.78, 5) is 19.8. The van der Waals surface area contributed by atoms with Crippen LogP contribution in [0.1, 0.15) is 39.6 Å². The van der Waals surface area contributed by atoms with Crippen LogP contribution in [0.25, 0.3) is 11.0 Å². The number of imidazole rings is 1. The number of hydrogen-bond acceptors (Lipinski definition) is 3. The number of fused-ring (bicyclic) bond motifs is 1. The number of para-hydroxylation sites is 2. The minimum absolute atomic E-state index is 0.162. The van der Waals surface area contributed by atoms with Crippen LogP contribution in [-0.4, -0.2) is 21.9 Å². The summed E-state index contributed by atoms with van der Waals surface area (Å²) in [5.41, 5.74) is 7.54. The van der Waals surface area contributed by atoms with Crippen molar-refractivity contribution < 1.29 is 4.79 Å². The van der Waals surface area contributed by atoms with E-state index in [-0.39, 0.29) is 17.4 Å². The maximum atomic E-state index is 12.1. The van der Waals surface area contributed by atoms with Crippen molar-refractivity contribution in [1.82, 2.24) is 15.3 Å². The van der Waals surface area contributed by atoms with Gasteiger partial charge in [0.25, 0.3) is 0 Å². The Labute approximate surface area is 119 Å². The van der Waals surface area contributed by atoms with E-state index < -0.39 is 6.04 Å². The summed E-state index contributed by atoms with van der Waals surface area (Å²) >= 11 is 0. The molecule has 0 aliphatic carbocycles. The summed E-state index contributed by atoms with van der Waals surface area (Å²) in [6.45, 7) is 7.74. The van der Waals surface area contributed by atoms with Crippen LogP contribution in [-0.2, 0) is 4.79 Å². The molecule has 0 saturated carbocycles. The standard InChI is InChI=1S/C15H22N4O/c1-9(17-14(20)12(16)15(2,3)4)13-18-10-7-5-6-8-11(10)19-13/h5-9,12H,16H2,1-4H3,(H,17,20)(H,18,19)/t9?,12-/m1/s1. The molecule has 1 amide bonds. The van der Waals surface area contributed by atoms with Crippen LogP contribution >= 0.6 is 0 Å². The van der Waals surface area contributed by atoms with Crippen LogP contribution < -0.4 is 11.1 Å². The molecular formula is C15H22N4O. The Kier molecular flexibility index (Phi) is 3.81. The molecule has 108 valence electrons. The van der Waals surface area contributed by atoms with Crippen molar-refractivity contribution in [3.8, 4) is 0 Å². The summed E-state index contributed by atoms with van der Waals surface area (Å²) in [6, 6.07) is 7.03. The Balaban J connectivity index is 2.12. The SMILES string of the molecule is CC(NC(=O)[C@@H](N)C(C)(C)C)c1nc2ccccc2[nH]1. The Morgan fingerprint density at radius 1 is 1.35 bits per heavy atom. The quantitative estimate of drug-likeness (QED) is 0.801. The number of hydrogen-bond donors (Lipinski definition) is 3. The number of carbonyl (C=O) groups is 1. The summed E-state index contributed by atoms with van der Waals surface area (Å²) in [7, 11) is 0. The number of benzene rings is 1. The number of nitrogens with two attached hydrogens (primary N) is 1. The van der Waals surface area contributed by atoms with E-state index in [1.165, 1.54) is 0 Å².